The number of amides is 1. The molecule has 0 bridgehead atoms. The lowest BCUT2D eigenvalue weighted by Gasteiger charge is -2.02. The summed E-state index contributed by atoms with van der Waals surface area (Å²) in [5, 5.41) is 12.8. The Bertz CT molecular complexity index is 861. The quantitative estimate of drug-likeness (QED) is 0.578. The molecule has 1 amide bonds. The van der Waals surface area contributed by atoms with Gasteiger partial charge in [0.15, 0.2) is 0 Å². The Hall–Kier alpha value is -3.30. The first-order valence-corrected chi connectivity index (χ1v) is 7.63. The number of nitrogen functional groups attached to an aromatic ring is 1. The molecule has 0 spiro atoms. The first-order valence-electron chi connectivity index (χ1n) is 7.63. The summed E-state index contributed by atoms with van der Waals surface area (Å²) in [7, 11) is 0. The van der Waals surface area contributed by atoms with Crippen LogP contribution in [0.2, 0.25) is 0 Å². The van der Waals surface area contributed by atoms with E-state index in [1.807, 2.05) is 0 Å². The van der Waals surface area contributed by atoms with Crippen LogP contribution >= 0.6 is 0 Å². The molecule has 25 heavy (non-hydrogen) atoms. The van der Waals surface area contributed by atoms with Crippen molar-refractivity contribution >= 4 is 11.9 Å². The number of hydrogen-bond acceptors (Lipinski definition) is 7. The van der Waals surface area contributed by atoms with Crippen LogP contribution in [-0.2, 0) is 17.6 Å². The molecule has 9 nitrogen and oxygen atoms in total. The van der Waals surface area contributed by atoms with Gasteiger partial charge in [-0.3, -0.25) is 9.89 Å². The summed E-state index contributed by atoms with van der Waals surface area (Å²) in [5.41, 5.74) is 5.65. The van der Waals surface area contributed by atoms with Crippen LogP contribution in [0.3, 0.4) is 0 Å². The third-order valence-electron chi connectivity index (χ3n) is 3.38. The molecule has 0 aliphatic heterocycles. The first-order chi connectivity index (χ1) is 12.1. The monoisotopic (exact) mass is 345 g/mol. The maximum atomic E-state index is 13.7. The number of hydrogen-bond donors (Lipinski definition) is 3. The molecular weight excluding hydrogens is 329 g/mol. The summed E-state index contributed by atoms with van der Waals surface area (Å²) in [6.07, 6.45) is 0.938. The summed E-state index contributed by atoms with van der Waals surface area (Å²) in [6.45, 7) is 0.401. The average Bonchev–Trinajstić information content (AvgIpc) is 3.22. The number of nitrogens with zero attached hydrogens (tertiary/aromatic N) is 4. The Morgan fingerprint density at radius 3 is 2.88 bits per heavy atom. The van der Waals surface area contributed by atoms with Gasteiger partial charge in [0.25, 0.3) is 0 Å². The molecule has 0 saturated heterocycles. The minimum atomic E-state index is -0.430. The molecule has 0 unspecified atom stereocenters. The standard InChI is InChI=1S/C15H16FN7O2/c16-10-4-2-1-3-9(10)14-20-13(25-23-14)6-5-12(24)18-8-7-11-19-15(17)22-21-11/h1-4H,5-8H2,(H,18,24)(H3,17,19,21,22). The van der Waals surface area contributed by atoms with Crippen LogP contribution in [0, 0.1) is 5.82 Å². The van der Waals surface area contributed by atoms with E-state index in [2.05, 4.69) is 30.6 Å². The van der Waals surface area contributed by atoms with E-state index < -0.39 is 5.82 Å². The van der Waals surface area contributed by atoms with Crippen molar-refractivity contribution in [2.24, 2.45) is 0 Å². The Kier molecular flexibility index (Phi) is 4.97. The highest BCUT2D eigenvalue weighted by Gasteiger charge is 2.13. The van der Waals surface area contributed by atoms with Crippen molar-refractivity contribution < 1.29 is 13.7 Å². The van der Waals surface area contributed by atoms with Crippen molar-refractivity contribution in [2.75, 3.05) is 12.3 Å². The Morgan fingerprint density at radius 2 is 2.12 bits per heavy atom. The molecule has 1 aromatic carbocycles. The van der Waals surface area contributed by atoms with E-state index >= 15 is 0 Å². The second-order valence-electron chi connectivity index (χ2n) is 5.23. The minimum absolute atomic E-state index is 0.163. The normalized spacial score (nSPS) is 10.8. The molecule has 0 saturated carbocycles. The number of benzene rings is 1. The van der Waals surface area contributed by atoms with Crippen LogP contribution in [0.4, 0.5) is 10.3 Å². The molecule has 3 aromatic rings. The molecular formula is C15H16FN7O2. The van der Waals surface area contributed by atoms with E-state index in [4.69, 9.17) is 10.3 Å². The van der Waals surface area contributed by atoms with Gasteiger partial charge in [0.05, 0.1) is 5.56 Å². The van der Waals surface area contributed by atoms with Crippen molar-refractivity contribution in [3.05, 3.63) is 41.8 Å². The number of nitrogens with one attached hydrogen (secondary N) is 2. The van der Waals surface area contributed by atoms with Crippen molar-refractivity contribution in [2.45, 2.75) is 19.3 Å². The van der Waals surface area contributed by atoms with Crippen LogP contribution in [0.25, 0.3) is 11.4 Å². The molecule has 10 heteroatoms. The van der Waals surface area contributed by atoms with E-state index in [0.717, 1.165) is 0 Å². The fourth-order valence-electron chi connectivity index (χ4n) is 2.16. The summed E-state index contributed by atoms with van der Waals surface area (Å²) in [6, 6.07) is 6.15. The SMILES string of the molecule is Nc1n[nH]c(CCNC(=O)CCc2nc(-c3ccccc3F)no2)n1. The molecule has 0 aliphatic rings. The molecule has 2 heterocycles. The lowest BCUT2D eigenvalue weighted by molar-refractivity contribution is -0.121. The van der Waals surface area contributed by atoms with E-state index in [9.17, 15) is 9.18 Å². The van der Waals surface area contributed by atoms with Gasteiger partial charge in [-0.1, -0.05) is 17.3 Å². The maximum Gasteiger partial charge on any atom is 0.239 e. The number of aromatic amines is 1. The van der Waals surface area contributed by atoms with Crippen molar-refractivity contribution in [3.63, 3.8) is 0 Å². The highest BCUT2D eigenvalue weighted by atomic mass is 19.1. The lowest BCUT2D eigenvalue weighted by atomic mass is 10.2. The molecule has 0 radical (unpaired) electrons. The summed E-state index contributed by atoms with van der Waals surface area (Å²) in [4.78, 5) is 19.9. The van der Waals surface area contributed by atoms with Gasteiger partial charge in [0, 0.05) is 25.8 Å². The molecule has 2 aromatic heterocycles. The van der Waals surface area contributed by atoms with Crippen LogP contribution in [0.15, 0.2) is 28.8 Å². The van der Waals surface area contributed by atoms with E-state index in [-0.39, 0.29) is 42.0 Å². The zero-order chi connectivity index (χ0) is 17.6. The molecule has 3 rings (SSSR count). The lowest BCUT2D eigenvalue weighted by Crippen LogP contribution is -2.26. The predicted octanol–water partition coefficient (Wildman–Crippen LogP) is 0.867. The fraction of sp³-hybridized carbons (Fsp3) is 0.267. The summed E-state index contributed by atoms with van der Waals surface area (Å²) in [5.74, 6) is 0.610. The largest absolute Gasteiger partial charge is 0.367 e. The van der Waals surface area contributed by atoms with Crippen molar-refractivity contribution in [1.82, 2.24) is 30.6 Å². The number of aryl methyl sites for hydroxylation is 1. The second-order valence-corrected chi connectivity index (χ2v) is 5.23. The maximum absolute atomic E-state index is 13.7. The number of rotatable bonds is 7. The number of nitrogens with two attached hydrogens (primary N) is 1. The molecule has 0 aliphatic carbocycles. The zero-order valence-corrected chi connectivity index (χ0v) is 13.2. The van der Waals surface area contributed by atoms with Crippen LogP contribution in [-0.4, -0.2) is 37.8 Å². The van der Waals surface area contributed by atoms with Crippen molar-refractivity contribution in [1.29, 1.82) is 0 Å². The van der Waals surface area contributed by atoms with Gasteiger partial charge in [0.2, 0.25) is 23.6 Å². The number of H-pyrrole nitrogens is 1. The van der Waals surface area contributed by atoms with Crippen LogP contribution < -0.4 is 11.1 Å². The Balaban J connectivity index is 1.45. The van der Waals surface area contributed by atoms with Gasteiger partial charge in [-0.05, 0) is 12.1 Å². The van der Waals surface area contributed by atoms with Gasteiger partial charge >= 0.3 is 0 Å². The number of carbonyl (C=O) groups excluding carboxylic acids is 1. The van der Waals surface area contributed by atoms with Gasteiger partial charge in [-0.2, -0.15) is 9.97 Å². The van der Waals surface area contributed by atoms with Gasteiger partial charge in [0.1, 0.15) is 11.6 Å². The van der Waals surface area contributed by atoms with E-state index in [1.54, 1.807) is 18.2 Å². The number of carbonyl (C=O) groups is 1. The molecule has 0 fully saturated rings. The summed E-state index contributed by atoms with van der Waals surface area (Å²) >= 11 is 0. The molecule has 4 N–H and O–H groups in total. The van der Waals surface area contributed by atoms with Crippen molar-refractivity contribution in [3.8, 4) is 11.4 Å². The highest BCUT2D eigenvalue weighted by molar-refractivity contribution is 5.76. The number of anilines is 1. The minimum Gasteiger partial charge on any atom is -0.367 e. The predicted molar refractivity (Wildman–Crippen MR) is 85.5 cm³/mol. The van der Waals surface area contributed by atoms with Gasteiger partial charge < -0.3 is 15.6 Å². The Morgan fingerprint density at radius 1 is 1.28 bits per heavy atom. The third kappa shape index (κ3) is 4.37. The fourth-order valence-corrected chi connectivity index (χ4v) is 2.16. The summed E-state index contributed by atoms with van der Waals surface area (Å²) < 4.78 is 18.7. The first kappa shape index (κ1) is 16.6. The topological polar surface area (TPSA) is 136 Å². The van der Waals surface area contributed by atoms with Gasteiger partial charge in [-0.15, -0.1) is 5.10 Å². The number of halogens is 1. The second kappa shape index (κ2) is 7.51. The third-order valence-corrected chi connectivity index (χ3v) is 3.38. The molecule has 130 valence electrons. The van der Waals surface area contributed by atoms with Crippen LogP contribution in [0.5, 0.6) is 0 Å². The number of aromatic nitrogens is 5. The average molecular weight is 345 g/mol. The van der Waals surface area contributed by atoms with E-state index in [0.29, 0.717) is 18.8 Å². The molecule has 0 atom stereocenters. The van der Waals surface area contributed by atoms with E-state index in [1.165, 1.54) is 6.07 Å². The van der Waals surface area contributed by atoms with Crippen LogP contribution in [0.1, 0.15) is 18.1 Å². The highest BCUT2D eigenvalue weighted by Crippen LogP contribution is 2.19. The zero-order valence-electron chi connectivity index (χ0n) is 13.2. The van der Waals surface area contributed by atoms with Gasteiger partial charge in [-0.25, -0.2) is 4.39 Å². The Labute approximate surface area is 141 Å². The smallest absolute Gasteiger partial charge is 0.239 e.